The van der Waals surface area contributed by atoms with Crippen molar-refractivity contribution < 1.29 is 4.42 Å². The number of nitrogens with one attached hydrogen (secondary N) is 2. The van der Waals surface area contributed by atoms with E-state index in [0.717, 1.165) is 36.6 Å². The summed E-state index contributed by atoms with van der Waals surface area (Å²) in [4.78, 5) is 0. The molecular formula is C14H22N4O. The van der Waals surface area contributed by atoms with Gasteiger partial charge in [-0.1, -0.05) is 12.0 Å². The molecule has 3 aliphatic rings. The lowest BCUT2D eigenvalue weighted by molar-refractivity contribution is 0.456. The van der Waals surface area contributed by atoms with Gasteiger partial charge in [-0.3, -0.25) is 0 Å². The van der Waals surface area contributed by atoms with Gasteiger partial charge in [0.2, 0.25) is 5.89 Å². The molecule has 5 heteroatoms. The number of hydrogen-bond acceptors (Lipinski definition) is 5. The molecule has 2 N–H and O–H groups in total. The van der Waals surface area contributed by atoms with Gasteiger partial charge in [0.1, 0.15) is 0 Å². The molecule has 0 amide bonds. The summed E-state index contributed by atoms with van der Waals surface area (Å²) in [6.45, 7) is 3.81. The monoisotopic (exact) mass is 262 g/mol. The van der Waals surface area contributed by atoms with Gasteiger partial charge in [0.15, 0.2) is 0 Å². The quantitative estimate of drug-likeness (QED) is 0.768. The van der Waals surface area contributed by atoms with Gasteiger partial charge in [-0.15, -0.1) is 5.10 Å². The van der Waals surface area contributed by atoms with E-state index >= 15 is 0 Å². The fourth-order valence-corrected chi connectivity index (χ4v) is 4.42. The SMILES string of the molecule is CCCNCc1nnc(NC2C3C4CCC(C4)C23)o1. The summed E-state index contributed by atoms with van der Waals surface area (Å²) < 4.78 is 5.64. The minimum atomic E-state index is 0.614. The molecule has 4 atom stereocenters. The zero-order chi connectivity index (χ0) is 12.8. The van der Waals surface area contributed by atoms with Crippen LogP contribution in [0.25, 0.3) is 0 Å². The highest BCUT2D eigenvalue weighted by atomic mass is 16.4. The lowest BCUT2D eigenvalue weighted by Crippen LogP contribution is -2.14. The third kappa shape index (κ3) is 1.95. The fraction of sp³-hybridized carbons (Fsp3) is 0.857. The maximum Gasteiger partial charge on any atom is 0.315 e. The molecule has 3 fully saturated rings. The smallest absolute Gasteiger partial charge is 0.315 e. The van der Waals surface area contributed by atoms with Crippen LogP contribution in [0.5, 0.6) is 0 Å². The first-order valence-electron chi connectivity index (χ1n) is 7.66. The first kappa shape index (κ1) is 11.7. The van der Waals surface area contributed by atoms with E-state index in [0.29, 0.717) is 24.5 Å². The Balaban J connectivity index is 1.32. The third-order valence-corrected chi connectivity index (χ3v) is 5.20. The third-order valence-electron chi connectivity index (χ3n) is 5.20. The van der Waals surface area contributed by atoms with E-state index < -0.39 is 0 Å². The first-order chi connectivity index (χ1) is 9.36. The zero-order valence-corrected chi connectivity index (χ0v) is 11.4. The molecule has 4 rings (SSSR count). The minimum absolute atomic E-state index is 0.614. The van der Waals surface area contributed by atoms with Crippen molar-refractivity contribution in [1.82, 2.24) is 15.5 Å². The van der Waals surface area contributed by atoms with E-state index in [2.05, 4.69) is 27.8 Å². The second-order valence-corrected chi connectivity index (χ2v) is 6.34. The van der Waals surface area contributed by atoms with Crippen molar-refractivity contribution in [2.45, 2.75) is 45.2 Å². The summed E-state index contributed by atoms with van der Waals surface area (Å²) in [7, 11) is 0. The van der Waals surface area contributed by atoms with Crippen molar-refractivity contribution in [3.63, 3.8) is 0 Å². The van der Waals surface area contributed by atoms with Crippen molar-refractivity contribution in [1.29, 1.82) is 0 Å². The normalized spacial score (nSPS) is 38.5. The van der Waals surface area contributed by atoms with Crippen molar-refractivity contribution >= 4 is 6.01 Å². The molecule has 1 aromatic heterocycles. The van der Waals surface area contributed by atoms with Gasteiger partial charge >= 0.3 is 6.01 Å². The predicted molar refractivity (Wildman–Crippen MR) is 71.5 cm³/mol. The van der Waals surface area contributed by atoms with E-state index in [4.69, 9.17) is 4.42 Å². The fourth-order valence-electron chi connectivity index (χ4n) is 4.42. The predicted octanol–water partition coefficient (Wildman–Crippen LogP) is 2.03. The van der Waals surface area contributed by atoms with Crippen LogP contribution >= 0.6 is 0 Å². The van der Waals surface area contributed by atoms with Gasteiger partial charge < -0.3 is 15.1 Å². The molecule has 3 saturated carbocycles. The Labute approximate surface area is 113 Å². The van der Waals surface area contributed by atoms with Crippen LogP contribution in [0, 0.1) is 23.7 Å². The molecule has 104 valence electrons. The average Bonchev–Trinajstić information content (AvgIpc) is 2.81. The Morgan fingerprint density at radius 3 is 2.74 bits per heavy atom. The summed E-state index contributed by atoms with van der Waals surface area (Å²) in [6.07, 6.45) is 5.48. The topological polar surface area (TPSA) is 63.0 Å². The highest BCUT2D eigenvalue weighted by Gasteiger charge is 2.65. The summed E-state index contributed by atoms with van der Waals surface area (Å²) >= 11 is 0. The second-order valence-electron chi connectivity index (χ2n) is 6.34. The number of nitrogens with zero attached hydrogens (tertiary/aromatic N) is 2. The standard InChI is InChI=1S/C14H22N4O/c1-2-5-15-7-10-17-18-14(19-10)16-13-11-8-3-4-9(6-8)12(11)13/h8-9,11-13,15H,2-7H2,1H3,(H,16,18). The highest BCUT2D eigenvalue weighted by molar-refractivity contribution is 5.31. The Hall–Kier alpha value is -1.10. The Morgan fingerprint density at radius 1 is 1.21 bits per heavy atom. The largest absolute Gasteiger partial charge is 0.407 e. The van der Waals surface area contributed by atoms with Crippen molar-refractivity contribution in [3.05, 3.63) is 5.89 Å². The number of aromatic nitrogens is 2. The van der Waals surface area contributed by atoms with Gasteiger partial charge in [-0.2, -0.15) is 0 Å². The molecular weight excluding hydrogens is 240 g/mol. The molecule has 2 bridgehead atoms. The van der Waals surface area contributed by atoms with E-state index in [1.54, 1.807) is 0 Å². The van der Waals surface area contributed by atoms with E-state index in [-0.39, 0.29) is 0 Å². The molecule has 4 unspecified atom stereocenters. The van der Waals surface area contributed by atoms with Crippen LogP contribution in [0.1, 0.15) is 38.5 Å². The molecule has 3 aliphatic carbocycles. The summed E-state index contributed by atoms with van der Waals surface area (Å²) in [6, 6.07) is 1.23. The molecule has 0 radical (unpaired) electrons. The molecule has 0 aromatic carbocycles. The Bertz CT molecular complexity index is 444. The maximum atomic E-state index is 5.64. The highest BCUT2D eigenvalue weighted by Crippen LogP contribution is 2.66. The average molecular weight is 262 g/mol. The minimum Gasteiger partial charge on any atom is -0.407 e. The van der Waals surface area contributed by atoms with E-state index in [9.17, 15) is 0 Å². The molecule has 1 aromatic rings. The van der Waals surface area contributed by atoms with Crippen LogP contribution in [0.4, 0.5) is 6.01 Å². The molecule has 1 heterocycles. The summed E-state index contributed by atoms with van der Waals surface area (Å²) in [5.41, 5.74) is 0. The van der Waals surface area contributed by atoms with E-state index in [1.807, 2.05) is 0 Å². The van der Waals surface area contributed by atoms with Crippen molar-refractivity contribution in [3.8, 4) is 0 Å². The molecule has 19 heavy (non-hydrogen) atoms. The maximum absolute atomic E-state index is 5.64. The van der Waals surface area contributed by atoms with Gasteiger partial charge in [0, 0.05) is 6.04 Å². The number of anilines is 1. The van der Waals surface area contributed by atoms with Crippen LogP contribution in [0.2, 0.25) is 0 Å². The molecule has 0 spiro atoms. The van der Waals surface area contributed by atoms with E-state index in [1.165, 1.54) is 19.3 Å². The lowest BCUT2D eigenvalue weighted by atomic mass is 10.0. The number of fused-ring (bicyclic) bond motifs is 5. The number of rotatable bonds is 6. The summed E-state index contributed by atoms with van der Waals surface area (Å²) in [5.74, 6) is 4.42. The van der Waals surface area contributed by atoms with Crippen LogP contribution in [0.3, 0.4) is 0 Å². The Kier molecular flexibility index (Phi) is 2.76. The van der Waals surface area contributed by atoms with Crippen molar-refractivity contribution in [2.24, 2.45) is 23.7 Å². The molecule has 0 aliphatic heterocycles. The van der Waals surface area contributed by atoms with Gasteiger partial charge in [0.25, 0.3) is 0 Å². The summed E-state index contributed by atoms with van der Waals surface area (Å²) in [5, 5.41) is 14.9. The first-order valence-corrected chi connectivity index (χ1v) is 7.66. The second kappa shape index (κ2) is 4.47. The van der Waals surface area contributed by atoms with Crippen LogP contribution in [-0.2, 0) is 6.54 Å². The molecule has 5 nitrogen and oxygen atoms in total. The molecule has 0 saturated heterocycles. The van der Waals surface area contributed by atoms with Crippen LogP contribution < -0.4 is 10.6 Å². The Morgan fingerprint density at radius 2 is 2.00 bits per heavy atom. The van der Waals surface area contributed by atoms with Crippen LogP contribution in [0.15, 0.2) is 4.42 Å². The van der Waals surface area contributed by atoms with Crippen LogP contribution in [-0.4, -0.2) is 22.8 Å². The van der Waals surface area contributed by atoms with Gasteiger partial charge in [-0.05, 0) is 55.9 Å². The lowest BCUT2D eigenvalue weighted by Gasteiger charge is -2.08. The van der Waals surface area contributed by atoms with Gasteiger partial charge in [0.05, 0.1) is 6.54 Å². The van der Waals surface area contributed by atoms with Gasteiger partial charge in [-0.25, -0.2) is 0 Å². The number of hydrogen-bond donors (Lipinski definition) is 2. The van der Waals surface area contributed by atoms with Crippen molar-refractivity contribution in [2.75, 3.05) is 11.9 Å². The zero-order valence-electron chi connectivity index (χ0n) is 11.4.